The smallest absolute Gasteiger partial charge is 0.0402 e. The average molecular weight is 259 g/mol. The Bertz CT molecular complexity index is 436. The van der Waals surface area contributed by atoms with Gasteiger partial charge in [0.15, 0.2) is 0 Å². The van der Waals surface area contributed by atoms with E-state index >= 15 is 0 Å². The fraction of sp³-hybridized carbons (Fsp3) is 0.667. The lowest BCUT2D eigenvalue weighted by molar-refractivity contribution is 0.177. The number of benzene rings is 1. The third-order valence-corrected chi connectivity index (χ3v) is 4.70. The zero-order valence-corrected chi connectivity index (χ0v) is 13.4. The highest BCUT2D eigenvalue weighted by molar-refractivity contribution is 5.58. The minimum Gasteiger partial charge on any atom is -0.382 e. The van der Waals surface area contributed by atoms with E-state index in [2.05, 4.69) is 59.0 Å². The summed E-state index contributed by atoms with van der Waals surface area (Å²) in [6, 6.07) is 5.20. The molecule has 1 aliphatic rings. The van der Waals surface area contributed by atoms with Crippen molar-refractivity contribution in [2.24, 2.45) is 11.3 Å². The highest BCUT2D eigenvalue weighted by Gasteiger charge is 2.32. The first-order valence-corrected chi connectivity index (χ1v) is 7.63. The fourth-order valence-electron chi connectivity index (χ4n) is 3.75. The first-order chi connectivity index (χ1) is 8.78. The molecule has 1 aromatic rings. The molecule has 0 saturated heterocycles. The zero-order valence-electron chi connectivity index (χ0n) is 13.4. The maximum Gasteiger partial charge on any atom is 0.0402 e. The van der Waals surface area contributed by atoms with Crippen LogP contribution in [0, 0.1) is 32.1 Å². The molecule has 2 rings (SSSR count). The van der Waals surface area contributed by atoms with Crippen LogP contribution in [0.3, 0.4) is 0 Å². The van der Waals surface area contributed by atoms with E-state index in [9.17, 15) is 0 Å². The van der Waals surface area contributed by atoms with Crippen LogP contribution in [-0.2, 0) is 0 Å². The topological polar surface area (TPSA) is 12.0 Å². The van der Waals surface area contributed by atoms with Gasteiger partial charge in [0.1, 0.15) is 0 Å². The van der Waals surface area contributed by atoms with E-state index in [1.807, 2.05) is 0 Å². The molecule has 0 spiro atoms. The molecule has 0 bridgehead atoms. The lowest BCUT2D eigenvalue weighted by Crippen LogP contribution is -2.37. The number of anilines is 1. The standard InChI is InChI=1S/C18H29N/c1-12-9-13(2)17(14(3)10-12)19-16-7-8-18(5,6)11-15(16)4/h9-10,15-16,19H,7-8,11H2,1-6H3. The van der Waals surface area contributed by atoms with E-state index in [0.29, 0.717) is 11.5 Å². The molecule has 19 heavy (non-hydrogen) atoms. The Morgan fingerprint density at radius 1 is 1.11 bits per heavy atom. The Balaban J connectivity index is 2.14. The fourth-order valence-corrected chi connectivity index (χ4v) is 3.75. The normalized spacial score (nSPS) is 26.2. The average Bonchev–Trinajstić information content (AvgIpc) is 2.24. The molecular weight excluding hydrogens is 230 g/mol. The van der Waals surface area contributed by atoms with E-state index in [0.717, 1.165) is 5.92 Å². The molecule has 0 aliphatic heterocycles. The third kappa shape index (κ3) is 3.32. The van der Waals surface area contributed by atoms with Gasteiger partial charge in [-0.15, -0.1) is 0 Å². The molecule has 1 N–H and O–H groups in total. The van der Waals surface area contributed by atoms with E-state index in [4.69, 9.17) is 0 Å². The summed E-state index contributed by atoms with van der Waals surface area (Å²) >= 11 is 0. The second-order valence-corrected chi connectivity index (χ2v) is 7.41. The van der Waals surface area contributed by atoms with E-state index < -0.39 is 0 Å². The summed E-state index contributed by atoms with van der Waals surface area (Å²) in [5.41, 5.74) is 6.01. The van der Waals surface area contributed by atoms with Gasteiger partial charge >= 0.3 is 0 Å². The molecule has 1 fully saturated rings. The van der Waals surface area contributed by atoms with Gasteiger partial charge in [0.05, 0.1) is 0 Å². The van der Waals surface area contributed by atoms with Gasteiger partial charge < -0.3 is 5.32 Å². The summed E-state index contributed by atoms with van der Waals surface area (Å²) in [7, 11) is 0. The van der Waals surface area contributed by atoms with Crippen LogP contribution in [0.25, 0.3) is 0 Å². The Labute approximate surface area is 118 Å². The van der Waals surface area contributed by atoms with Gasteiger partial charge in [0.25, 0.3) is 0 Å². The first-order valence-electron chi connectivity index (χ1n) is 7.63. The van der Waals surface area contributed by atoms with Crippen LogP contribution in [0.15, 0.2) is 12.1 Å². The molecule has 1 saturated carbocycles. The van der Waals surface area contributed by atoms with Gasteiger partial charge in [-0.2, -0.15) is 0 Å². The Hall–Kier alpha value is -0.980. The van der Waals surface area contributed by atoms with Crippen molar-refractivity contribution in [3.8, 4) is 0 Å². The molecule has 0 amide bonds. The van der Waals surface area contributed by atoms with Crippen molar-refractivity contribution in [3.05, 3.63) is 28.8 Å². The highest BCUT2D eigenvalue weighted by Crippen LogP contribution is 2.40. The minimum absolute atomic E-state index is 0.523. The van der Waals surface area contributed by atoms with E-state index in [-0.39, 0.29) is 0 Å². The van der Waals surface area contributed by atoms with Crippen LogP contribution in [-0.4, -0.2) is 6.04 Å². The molecule has 0 aromatic heterocycles. The maximum atomic E-state index is 3.83. The van der Waals surface area contributed by atoms with Crippen molar-refractivity contribution in [2.75, 3.05) is 5.32 Å². The molecule has 106 valence electrons. The lowest BCUT2D eigenvalue weighted by atomic mass is 9.70. The second kappa shape index (κ2) is 5.19. The highest BCUT2D eigenvalue weighted by atomic mass is 14.9. The molecule has 1 nitrogen and oxygen atoms in total. The van der Waals surface area contributed by atoms with Gasteiger partial charge in [-0.3, -0.25) is 0 Å². The van der Waals surface area contributed by atoms with Gasteiger partial charge in [-0.1, -0.05) is 38.5 Å². The van der Waals surface area contributed by atoms with Crippen molar-refractivity contribution in [1.29, 1.82) is 0 Å². The van der Waals surface area contributed by atoms with Gasteiger partial charge in [0, 0.05) is 11.7 Å². The third-order valence-electron chi connectivity index (χ3n) is 4.70. The monoisotopic (exact) mass is 259 g/mol. The second-order valence-electron chi connectivity index (χ2n) is 7.41. The number of hydrogen-bond donors (Lipinski definition) is 1. The van der Waals surface area contributed by atoms with Crippen LogP contribution in [0.4, 0.5) is 5.69 Å². The molecule has 0 radical (unpaired) electrons. The Morgan fingerprint density at radius 2 is 1.68 bits per heavy atom. The Kier molecular flexibility index (Phi) is 3.94. The van der Waals surface area contributed by atoms with Gasteiger partial charge in [-0.05, 0) is 62.5 Å². The van der Waals surface area contributed by atoms with Crippen molar-refractivity contribution in [3.63, 3.8) is 0 Å². The number of nitrogens with one attached hydrogen (secondary N) is 1. The van der Waals surface area contributed by atoms with Crippen LogP contribution in [0.5, 0.6) is 0 Å². The van der Waals surface area contributed by atoms with Crippen LogP contribution in [0.2, 0.25) is 0 Å². The zero-order chi connectivity index (χ0) is 14.2. The van der Waals surface area contributed by atoms with E-state index in [1.54, 1.807) is 0 Å². The number of hydrogen-bond acceptors (Lipinski definition) is 1. The van der Waals surface area contributed by atoms with Crippen LogP contribution in [0.1, 0.15) is 56.7 Å². The summed E-state index contributed by atoms with van der Waals surface area (Å²) in [4.78, 5) is 0. The predicted molar refractivity (Wildman–Crippen MR) is 84.9 cm³/mol. The summed E-state index contributed by atoms with van der Waals surface area (Å²) in [6.45, 7) is 13.8. The molecule has 1 aliphatic carbocycles. The maximum absolute atomic E-state index is 3.83. The van der Waals surface area contributed by atoms with Crippen LogP contribution < -0.4 is 5.32 Å². The number of aryl methyl sites for hydroxylation is 3. The Morgan fingerprint density at radius 3 is 2.21 bits per heavy atom. The van der Waals surface area contributed by atoms with Crippen molar-refractivity contribution >= 4 is 5.69 Å². The molecular formula is C18H29N. The summed E-state index contributed by atoms with van der Waals surface area (Å²) in [6.07, 6.45) is 3.95. The van der Waals surface area contributed by atoms with Crippen molar-refractivity contribution < 1.29 is 0 Å². The van der Waals surface area contributed by atoms with E-state index in [1.165, 1.54) is 41.6 Å². The summed E-state index contributed by atoms with van der Waals surface area (Å²) < 4.78 is 0. The number of rotatable bonds is 2. The summed E-state index contributed by atoms with van der Waals surface area (Å²) in [5.74, 6) is 0.754. The summed E-state index contributed by atoms with van der Waals surface area (Å²) in [5, 5.41) is 3.83. The SMILES string of the molecule is Cc1cc(C)c(NC2CCC(C)(C)CC2C)c(C)c1. The van der Waals surface area contributed by atoms with Gasteiger partial charge in [-0.25, -0.2) is 0 Å². The predicted octanol–water partition coefficient (Wildman–Crippen LogP) is 5.24. The molecule has 0 heterocycles. The molecule has 1 aromatic carbocycles. The first kappa shape index (κ1) is 14.4. The van der Waals surface area contributed by atoms with Crippen molar-refractivity contribution in [2.45, 2.75) is 66.8 Å². The van der Waals surface area contributed by atoms with Crippen molar-refractivity contribution in [1.82, 2.24) is 0 Å². The minimum atomic E-state index is 0.523. The van der Waals surface area contributed by atoms with Crippen LogP contribution >= 0.6 is 0 Å². The lowest BCUT2D eigenvalue weighted by Gasteiger charge is -2.40. The largest absolute Gasteiger partial charge is 0.382 e. The molecule has 1 heteroatoms. The molecule has 2 atom stereocenters. The molecule has 2 unspecified atom stereocenters. The van der Waals surface area contributed by atoms with Gasteiger partial charge in [0.2, 0.25) is 0 Å². The quantitative estimate of drug-likeness (QED) is 0.766.